The van der Waals surface area contributed by atoms with Crippen molar-refractivity contribution < 1.29 is 9.47 Å². The van der Waals surface area contributed by atoms with E-state index in [2.05, 4.69) is 4.98 Å². The number of ether oxygens (including phenoxy) is 2. The Morgan fingerprint density at radius 1 is 1.53 bits per heavy atom. The summed E-state index contributed by atoms with van der Waals surface area (Å²) < 4.78 is 11.3. The second-order valence-corrected chi connectivity index (χ2v) is 4.62. The van der Waals surface area contributed by atoms with E-state index in [1.807, 2.05) is 19.1 Å². The summed E-state index contributed by atoms with van der Waals surface area (Å²) in [6.07, 6.45) is 4.57. The van der Waals surface area contributed by atoms with Gasteiger partial charge >= 0.3 is 0 Å². The van der Waals surface area contributed by atoms with Crippen molar-refractivity contribution in [2.45, 2.75) is 25.5 Å². The van der Waals surface area contributed by atoms with Crippen LogP contribution in [0.25, 0.3) is 0 Å². The van der Waals surface area contributed by atoms with Crippen molar-refractivity contribution >= 4 is 0 Å². The number of hydrogen-bond donors (Lipinski definition) is 1. The lowest BCUT2D eigenvalue weighted by molar-refractivity contribution is 0.0134. The topological polar surface area (TPSA) is 57.4 Å². The molecule has 1 fully saturated rings. The number of hydrogen-bond acceptors (Lipinski definition) is 4. The highest BCUT2D eigenvalue weighted by molar-refractivity contribution is 5.14. The first-order valence-electron chi connectivity index (χ1n) is 6.12. The van der Waals surface area contributed by atoms with Crippen LogP contribution >= 0.6 is 0 Å². The third-order valence-electron chi connectivity index (χ3n) is 3.05. The van der Waals surface area contributed by atoms with Gasteiger partial charge in [-0.05, 0) is 31.0 Å². The smallest absolute Gasteiger partial charge is 0.0974 e. The average Bonchev–Trinajstić information content (AvgIpc) is 2.83. The van der Waals surface area contributed by atoms with Crippen LogP contribution in [0.2, 0.25) is 0 Å². The number of aromatic nitrogens is 1. The molecule has 3 atom stereocenters. The zero-order valence-corrected chi connectivity index (χ0v) is 10.2. The quantitative estimate of drug-likeness (QED) is 0.842. The van der Waals surface area contributed by atoms with E-state index in [9.17, 15) is 0 Å². The van der Waals surface area contributed by atoms with Crippen LogP contribution in [0.4, 0.5) is 0 Å². The maximum atomic E-state index is 5.98. The van der Waals surface area contributed by atoms with E-state index < -0.39 is 0 Å². The molecule has 2 N–H and O–H groups in total. The van der Waals surface area contributed by atoms with Crippen LogP contribution in [-0.4, -0.2) is 30.8 Å². The molecule has 0 bridgehead atoms. The van der Waals surface area contributed by atoms with Crippen molar-refractivity contribution in [1.82, 2.24) is 4.98 Å². The highest BCUT2D eigenvalue weighted by Crippen LogP contribution is 2.22. The highest BCUT2D eigenvalue weighted by Gasteiger charge is 2.21. The third-order valence-corrected chi connectivity index (χ3v) is 3.05. The molecule has 0 radical (unpaired) electrons. The Hall–Kier alpha value is -0.970. The zero-order valence-electron chi connectivity index (χ0n) is 10.2. The fourth-order valence-corrected chi connectivity index (χ4v) is 2.06. The molecular weight excluding hydrogens is 216 g/mol. The minimum Gasteiger partial charge on any atom is -0.381 e. The van der Waals surface area contributed by atoms with Crippen molar-refractivity contribution in [3.63, 3.8) is 0 Å². The Morgan fingerprint density at radius 2 is 2.29 bits per heavy atom. The maximum Gasteiger partial charge on any atom is 0.0974 e. The van der Waals surface area contributed by atoms with E-state index in [4.69, 9.17) is 15.2 Å². The standard InChI is InChI=1S/C13H20N2O2/c1-10(14)13(12-2-5-15-6-3-12)17-9-11-4-7-16-8-11/h2-3,5-6,10-11,13H,4,7-9,14H2,1H3. The molecular formula is C13H20N2O2. The second-order valence-electron chi connectivity index (χ2n) is 4.62. The summed E-state index contributed by atoms with van der Waals surface area (Å²) in [5.41, 5.74) is 7.07. The zero-order chi connectivity index (χ0) is 12.1. The first-order valence-corrected chi connectivity index (χ1v) is 6.12. The van der Waals surface area contributed by atoms with Gasteiger partial charge in [0, 0.05) is 31.0 Å². The van der Waals surface area contributed by atoms with Crippen LogP contribution < -0.4 is 5.73 Å². The molecule has 1 aromatic heterocycles. The molecule has 1 saturated heterocycles. The van der Waals surface area contributed by atoms with Gasteiger partial charge in [0.25, 0.3) is 0 Å². The molecule has 0 aliphatic carbocycles. The van der Waals surface area contributed by atoms with Gasteiger partial charge in [-0.1, -0.05) is 0 Å². The van der Waals surface area contributed by atoms with Gasteiger partial charge in [-0.2, -0.15) is 0 Å². The number of nitrogens with two attached hydrogens (primary N) is 1. The number of rotatable bonds is 5. The number of nitrogens with zero attached hydrogens (tertiary/aromatic N) is 1. The Balaban J connectivity index is 1.93. The Kier molecular flexibility index (Phi) is 4.48. The van der Waals surface area contributed by atoms with E-state index in [1.54, 1.807) is 12.4 Å². The summed E-state index contributed by atoms with van der Waals surface area (Å²) in [7, 11) is 0. The molecule has 4 heteroatoms. The largest absolute Gasteiger partial charge is 0.381 e. The van der Waals surface area contributed by atoms with Gasteiger partial charge in [-0.3, -0.25) is 4.98 Å². The Bertz CT molecular complexity index is 323. The lowest BCUT2D eigenvalue weighted by atomic mass is 10.0. The van der Waals surface area contributed by atoms with Gasteiger partial charge in [0.05, 0.1) is 19.3 Å². The minimum atomic E-state index is -0.0569. The normalized spacial score (nSPS) is 23.5. The van der Waals surface area contributed by atoms with Crippen molar-refractivity contribution in [3.05, 3.63) is 30.1 Å². The molecule has 17 heavy (non-hydrogen) atoms. The van der Waals surface area contributed by atoms with Crippen LogP contribution in [0.5, 0.6) is 0 Å². The summed E-state index contributed by atoms with van der Waals surface area (Å²) in [6, 6.07) is 3.89. The first kappa shape index (κ1) is 12.5. The third kappa shape index (κ3) is 3.49. The van der Waals surface area contributed by atoms with Crippen molar-refractivity contribution in [1.29, 1.82) is 0 Å². The molecule has 1 aliphatic rings. The average molecular weight is 236 g/mol. The predicted molar refractivity (Wildman–Crippen MR) is 65.5 cm³/mol. The summed E-state index contributed by atoms with van der Waals surface area (Å²) in [5.74, 6) is 0.512. The molecule has 1 aromatic rings. The van der Waals surface area contributed by atoms with Gasteiger partial charge in [0.2, 0.25) is 0 Å². The summed E-state index contributed by atoms with van der Waals surface area (Å²) >= 11 is 0. The van der Waals surface area contributed by atoms with E-state index in [0.29, 0.717) is 12.5 Å². The van der Waals surface area contributed by atoms with E-state index >= 15 is 0 Å². The van der Waals surface area contributed by atoms with Gasteiger partial charge < -0.3 is 15.2 Å². The van der Waals surface area contributed by atoms with Gasteiger partial charge in [0.1, 0.15) is 0 Å². The summed E-state index contributed by atoms with van der Waals surface area (Å²) in [6.45, 7) is 4.35. The van der Waals surface area contributed by atoms with Crippen LogP contribution in [-0.2, 0) is 9.47 Å². The van der Waals surface area contributed by atoms with Gasteiger partial charge in [0.15, 0.2) is 0 Å². The van der Waals surface area contributed by atoms with Gasteiger partial charge in [-0.25, -0.2) is 0 Å². The molecule has 0 spiro atoms. The van der Waals surface area contributed by atoms with Crippen molar-refractivity contribution in [2.24, 2.45) is 11.7 Å². The Labute approximate surface area is 102 Å². The van der Waals surface area contributed by atoms with Crippen molar-refractivity contribution in [2.75, 3.05) is 19.8 Å². The molecule has 4 nitrogen and oxygen atoms in total. The van der Waals surface area contributed by atoms with Crippen molar-refractivity contribution in [3.8, 4) is 0 Å². The fourth-order valence-electron chi connectivity index (χ4n) is 2.06. The predicted octanol–water partition coefficient (Wildman–Crippen LogP) is 1.52. The van der Waals surface area contributed by atoms with Crippen LogP contribution in [0.15, 0.2) is 24.5 Å². The molecule has 3 unspecified atom stereocenters. The highest BCUT2D eigenvalue weighted by atomic mass is 16.5. The summed E-state index contributed by atoms with van der Waals surface area (Å²) in [4.78, 5) is 4.01. The molecule has 94 valence electrons. The molecule has 2 heterocycles. The van der Waals surface area contributed by atoms with Crippen LogP contribution in [0, 0.1) is 5.92 Å². The molecule has 0 amide bonds. The lowest BCUT2D eigenvalue weighted by Crippen LogP contribution is -2.28. The van der Waals surface area contributed by atoms with E-state index in [-0.39, 0.29) is 12.1 Å². The monoisotopic (exact) mass is 236 g/mol. The number of pyridine rings is 1. The molecule has 2 rings (SSSR count). The molecule has 0 saturated carbocycles. The molecule has 0 aromatic carbocycles. The second kappa shape index (κ2) is 6.10. The van der Waals surface area contributed by atoms with E-state index in [0.717, 1.165) is 25.2 Å². The maximum absolute atomic E-state index is 5.98. The Morgan fingerprint density at radius 3 is 2.88 bits per heavy atom. The minimum absolute atomic E-state index is 0.0280. The van der Waals surface area contributed by atoms with Crippen LogP contribution in [0.1, 0.15) is 25.0 Å². The van der Waals surface area contributed by atoms with Crippen LogP contribution in [0.3, 0.4) is 0 Å². The SMILES string of the molecule is CC(N)C(OCC1CCOC1)c1ccncc1. The molecule has 1 aliphatic heterocycles. The van der Waals surface area contributed by atoms with Gasteiger partial charge in [-0.15, -0.1) is 0 Å². The fraction of sp³-hybridized carbons (Fsp3) is 0.615. The van der Waals surface area contributed by atoms with E-state index in [1.165, 1.54) is 0 Å². The first-order chi connectivity index (χ1) is 8.27. The lowest BCUT2D eigenvalue weighted by Gasteiger charge is -2.23. The summed E-state index contributed by atoms with van der Waals surface area (Å²) in [5, 5.41) is 0.